The lowest BCUT2D eigenvalue weighted by Gasteiger charge is -2.13. The monoisotopic (exact) mass is 429 g/mol. The number of hydrogen-bond acceptors (Lipinski definition) is 6. The van der Waals surface area contributed by atoms with Crippen molar-refractivity contribution in [3.05, 3.63) is 72.1 Å². The lowest BCUT2D eigenvalue weighted by Crippen LogP contribution is -2.31. The molecule has 5 nitrogen and oxygen atoms in total. The van der Waals surface area contributed by atoms with E-state index >= 15 is 0 Å². The number of rotatable bonds is 6. The molecule has 0 saturated heterocycles. The van der Waals surface area contributed by atoms with Gasteiger partial charge in [-0.05, 0) is 35.6 Å². The molecule has 0 saturated carbocycles. The largest absolute Gasteiger partial charge is 0.416 e. The Balaban J connectivity index is 1.38. The van der Waals surface area contributed by atoms with Crippen molar-refractivity contribution in [3.63, 3.8) is 0 Å². The van der Waals surface area contributed by atoms with Gasteiger partial charge in [-0.25, -0.2) is 0 Å². The second-order valence-corrected chi connectivity index (χ2v) is 7.87. The maximum Gasteiger partial charge on any atom is 0.416 e. The highest BCUT2D eigenvalue weighted by Crippen LogP contribution is 2.30. The van der Waals surface area contributed by atoms with Gasteiger partial charge in [0, 0.05) is 35.9 Å². The van der Waals surface area contributed by atoms with Gasteiger partial charge in [-0.15, -0.1) is 10.2 Å². The van der Waals surface area contributed by atoms with Crippen LogP contribution in [-0.4, -0.2) is 27.8 Å². The number of fused-ring (bicyclic) bond motifs is 1. The summed E-state index contributed by atoms with van der Waals surface area (Å²) in [6.45, 7) is 0.369. The Morgan fingerprint density at radius 3 is 2.73 bits per heavy atom. The minimum absolute atomic E-state index is 0.321. The van der Waals surface area contributed by atoms with Crippen LogP contribution in [0.2, 0.25) is 0 Å². The quantitative estimate of drug-likeness (QED) is 0.462. The van der Waals surface area contributed by atoms with E-state index in [0.29, 0.717) is 23.7 Å². The van der Waals surface area contributed by atoms with Crippen LogP contribution in [0.4, 0.5) is 18.3 Å². The molecule has 0 aliphatic heterocycles. The molecule has 2 aromatic carbocycles. The van der Waals surface area contributed by atoms with Crippen LogP contribution in [0.3, 0.4) is 0 Å². The van der Waals surface area contributed by atoms with E-state index in [-0.39, 0.29) is 6.04 Å². The first-order valence-electron chi connectivity index (χ1n) is 9.22. The van der Waals surface area contributed by atoms with Gasteiger partial charge in [-0.2, -0.15) is 13.2 Å². The Labute approximate surface area is 174 Å². The molecule has 30 heavy (non-hydrogen) atoms. The molecule has 0 fully saturated rings. The highest BCUT2D eigenvalue weighted by Gasteiger charge is 2.30. The van der Waals surface area contributed by atoms with Crippen molar-refractivity contribution in [2.45, 2.75) is 18.6 Å². The maximum absolute atomic E-state index is 12.8. The predicted molar refractivity (Wildman–Crippen MR) is 112 cm³/mol. The number of alkyl halides is 3. The van der Waals surface area contributed by atoms with Crippen molar-refractivity contribution in [2.75, 3.05) is 11.9 Å². The molecule has 0 bridgehead atoms. The van der Waals surface area contributed by atoms with Gasteiger partial charge in [-0.3, -0.25) is 4.98 Å². The molecular weight excluding hydrogens is 411 g/mol. The highest BCUT2D eigenvalue weighted by atomic mass is 32.1. The summed E-state index contributed by atoms with van der Waals surface area (Å²) in [7, 11) is 0. The summed E-state index contributed by atoms with van der Waals surface area (Å²) in [5.41, 5.74) is 6.93. The Morgan fingerprint density at radius 2 is 1.90 bits per heavy atom. The number of anilines is 1. The van der Waals surface area contributed by atoms with Crippen LogP contribution in [-0.2, 0) is 12.6 Å². The summed E-state index contributed by atoms with van der Waals surface area (Å²) in [6, 6.07) is 12.8. The molecule has 0 spiro atoms. The van der Waals surface area contributed by atoms with Gasteiger partial charge >= 0.3 is 6.18 Å². The zero-order valence-electron chi connectivity index (χ0n) is 15.7. The van der Waals surface area contributed by atoms with E-state index in [1.807, 2.05) is 24.3 Å². The van der Waals surface area contributed by atoms with E-state index in [1.165, 1.54) is 17.4 Å². The maximum atomic E-state index is 12.8. The van der Waals surface area contributed by atoms with E-state index in [1.54, 1.807) is 18.5 Å². The molecular formula is C21H18F3N5S. The first-order chi connectivity index (χ1) is 14.4. The third kappa shape index (κ3) is 4.74. The lowest BCUT2D eigenvalue weighted by molar-refractivity contribution is -0.137. The Kier molecular flexibility index (Phi) is 5.65. The number of aromatic nitrogens is 3. The topological polar surface area (TPSA) is 76.7 Å². The van der Waals surface area contributed by atoms with Gasteiger partial charge < -0.3 is 11.1 Å². The van der Waals surface area contributed by atoms with E-state index in [4.69, 9.17) is 5.73 Å². The van der Waals surface area contributed by atoms with E-state index in [0.717, 1.165) is 33.5 Å². The molecule has 0 aliphatic rings. The Morgan fingerprint density at radius 1 is 1.03 bits per heavy atom. The molecule has 154 valence electrons. The summed E-state index contributed by atoms with van der Waals surface area (Å²) in [5.74, 6) is 0. The van der Waals surface area contributed by atoms with Gasteiger partial charge in [0.2, 0.25) is 5.13 Å². The second-order valence-electron chi connectivity index (χ2n) is 6.89. The van der Waals surface area contributed by atoms with Crippen LogP contribution < -0.4 is 11.1 Å². The number of benzene rings is 2. The van der Waals surface area contributed by atoms with Crippen molar-refractivity contribution in [1.29, 1.82) is 0 Å². The van der Waals surface area contributed by atoms with Gasteiger partial charge in [-0.1, -0.05) is 41.7 Å². The zero-order valence-corrected chi connectivity index (χ0v) is 16.5. The first-order valence-corrected chi connectivity index (χ1v) is 10.0. The molecule has 1 atom stereocenters. The number of hydrogen-bond donors (Lipinski definition) is 2. The predicted octanol–water partition coefficient (Wildman–Crippen LogP) is 4.75. The fourth-order valence-electron chi connectivity index (χ4n) is 3.10. The summed E-state index contributed by atoms with van der Waals surface area (Å²) in [4.78, 5) is 4.10. The molecule has 9 heteroatoms. The fraction of sp³-hybridized carbons (Fsp3) is 0.190. The average molecular weight is 429 g/mol. The van der Waals surface area contributed by atoms with Crippen LogP contribution >= 0.6 is 11.3 Å². The van der Waals surface area contributed by atoms with Crippen molar-refractivity contribution < 1.29 is 13.2 Å². The van der Waals surface area contributed by atoms with E-state index in [9.17, 15) is 13.2 Å². The standard InChI is InChI=1S/C21H18F3N5S/c22-21(23,24)17-3-1-2-13(8-17)9-18(25)12-27-20-29-28-19(30-20)15-4-5-16-11-26-7-6-14(16)10-15/h1-8,10-11,18H,9,12,25H2,(H,27,29)/t18-/m1/s1. The SMILES string of the molecule is N[C@@H](CNc1nnc(-c2ccc3cnccc3c2)s1)Cc1cccc(C(F)(F)F)c1. The average Bonchev–Trinajstić information content (AvgIpc) is 3.21. The third-order valence-corrected chi connectivity index (χ3v) is 5.51. The highest BCUT2D eigenvalue weighted by molar-refractivity contribution is 7.18. The molecule has 2 heterocycles. The number of nitrogens with two attached hydrogens (primary N) is 1. The van der Waals surface area contributed by atoms with Crippen LogP contribution in [0.5, 0.6) is 0 Å². The van der Waals surface area contributed by atoms with Gasteiger partial charge in [0.1, 0.15) is 5.01 Å². The van der Waals surface area contributed by atoms with Crippen molar-refractivity contribution >= 4 is 27.2 Å². The molecule has 4 rings (SSSR count). The summed E-state index contributed by atoms with van der Waals surface area (Å²) in [5, 5.41) is 15.0. The first kappa shape index (κ1) is 20.2. The number of nitrogens with zero attached hydrogens (tertiary/aromatic N) is 3. The second kappa shape index (κ2) is 8.37. The zero-order chi connectivity index (χ0) is 21.1. The van der Waals surface area contributed by atoms with Crippen LogP contribution in [0.1, 0.15) is 11.1 Å². The van der Waals surface area contributed by atoms with Crippen LogP contribution in [0.15, 0.2) is 60.9 Å². The molecule has 0 unspecified atom stereocenters. The van der Waals surface area contributed by atoms with Gasteiger partial charge in [0.05, 0.1) is 5.56 Å². The molecule has 0 amide bonds. The van der Waals surface area contributed by atoms with Crippen molar-refractivity contribution in [1.82, 2.24) is 15.2 Å². The summed E-state index contributed by atoms with van der Waals surface area (Å²) >= 11 is 1.40. The molecule has 0 radical (unpaired) electrons. The molecule has 4 aromatic rings. The van der Waals surface area contributed by atoms with Crippen molar-refractivity contribution in [3.8, 4) is 10.6 Å². The van der Waals surface area contributed by atoms with Crippen LogP contribution in [0.25, 0.3) is 21.3 Å². The molecule has 3 N–H and O–H groups in total. The van der Waals surface area contributed by atoms with Gasteiger partial charge in [0.25, 0.3) is 0 Å². The van der Waals surface area contributed by atoms with Gasteiger partial charge in [0.15, 0.2) is 0 Å². The number of halogens is 3. The van der Waals surface area contributed by atoms with Crippen molar-refractivity contribution in [2.24, 2.45) is 5.73 Å². The molecule has 0 aliphatic carbocycles. The number of nitrogens with one attached hydrogen (secondary N) is 1. The van der Waals surface area contributed by atoms with E-state index < -0.39 is 11.7 Å². The Bertz CT molecular complexity index is 1160. The third-order valence-electron chi connectivity index (χ3n) is 4.58. The molecule has 2 aromatic heterocycles. The number of pyridine rings is 1. The minimum Gasteiger partial charge on any atom is -0.359 e. The van der Waals surface area contributed by atoms with Crippen LogP contribution in [0, 0.1) is 0 Å². The fourth-order valence-corrected chi connectivity index (χ4v) is 3.84. The summed E-state index contributed by atoms with van der Waals surface area (Å²) in [6.07, 6.45) is -0.495. The van der Waals surface area contributed by atoms with E-state index in [2.05, 4.69) is 20.5 Å². The normalized spacial score (nSPS) is 12.8. The minimum atomic E-state index is -4.36. The lowest BCUT2D eigenvalue weighted by atomic mass is 10.0. The Hall–Kier alpha value is -3.04. The summed E-state index contributed by atoms with van der Waals surface area (Å²) < 4.78 is 38.5. The smallest absolute Gasteiger partial charge is 0.359 e.